The van der Waals surface area contributed by atoms with Crippen molar-refractivity contribution in [1.82, 2.24) is 29.9 Å². The minimum Gasteiger partial charge on any atom is -0.434 e. The van der Waals surface area contributed by atoms with Crippen molar-refractivity contribution in [1.29, 1.82) is 0 Å². The first-order chi connectivity index (χ1) is 19.4. The molecule has 0 saturated carbocycles. The fourth-order valence-electron chi connectivity index (χ4n) is 6.59. The molecule has 0 radical (unpaired) electrons. The minimum absolute atomic E-state index is 0.0570. The lowest BCUT2D eigenvalue weighted by atomic mass is 9.76. The molecular weight excluding hydrogens is 521 g/mol. The van der Waals surface area contributed by atoms with Crippen LogP contribution in [0.2, 0.25) is 0 Å². The lowest BCUT2D eigenvalue weighted by molar-refractivity contribution is -0.0343. The second-order valence-electron chi connectivity index (χ2n) is 13.1. The smallest absolute Gasteiger partial charge is 0.282 e. The number of hydrogen-bond donors (Lipinski definition) is 0. The molecule has 2 aliphatic heterocycles. The lowest BCUT2D eigenvalue weighted by Crippen LogP contribution is -2.62. The maximum absolute atomic E-state index is 14.3. The van der Waals surface area contributed by atoms with E-state index in [9.17, 15) is 9.18 Å². The van der Waals surface area contributed by atoms with E-state index >= 15 is 0 Å². The Morgan fingerprint density at radius 1 is 1.10 bits per heavy atom. The summed E-state index contributed by atoms with van der Waals surface area (Å²) in [4.78, 5) is 26.9. The van der Waals surface area contributed by atoms with Crippen LogP contribution >= 0.6 is 0 Å². The van der Waals surface area contributed by atoms with Crippen molar-refractivity contribution in [2.45, 2.75) is 78.9 Å². The quantitative estimate of drug-likeness (QED) is 0.356. The van der Waals surface area contributed by atoms with Gasteiger partial charge in [0.15, 0.2) is 5.82 Å². The van der Waals surface area contributed by atoms with Crippen LogP contribution in [0.1, 0.15) is 71.2 Å². The molecule has 1 aromatic heterocycles. The molecule has 1 aromatic carbocycles. The summed E-state index contributed by atoms with van der Waals surface area (Å²) in [6.45, 7) is 17.4. The third kappa shape index (κ3) is 7.15. The van der Waals surface area contributed by atoms with Gasteiger partial charge in [-0.1, -0.05) is 13.8 Å². The number of halogens is 1. The number of rotatable bonds is 12. The summed E-state index contributed by atoms with van der Waals surface area (Å²) in [7, 11) is 4.27. The van der Waals surface area contributed by atoms with Crippen molar-refractivity contribution in [3.05, 3.63) is 35.9 Å². The van der Waals surface area contributed by atoms with Gasteiger partial charge in [-0.2, -0.15) is 0 Å². The van der Waals surface area contributed by atoms with Crippen LogP contribution in [0.3, 0.4) is 0 Å². The lowest BCUT2D eigenvalue weighted by Gasteiger charge is -2.53. The number of benzene rings is 1. The van der Waals surface area contributed by atoms with E-state index in [1.165, 1.54) is 37.4 Å². The number of hydrogen-bond acceptors (Lipinski definition) is 8. The molecule has 0 unspecified atom stereocenters. The molecular formula is C31H48FN7O2. The molecule has 0 bridgehead atoms. The van der Waals surface area contributed by atoms with Gasteiger partial charge in [0, 0.05) is 49.7 Å². The molecule has 2 aliphatic rings. The van der Waals surface area contributed by atoms with E-state index < -0.39 is 5.82 Å². The van der Waals surface area contributed by atoms with Gasteiger partial charge in [-0.05, 0) is 91.7 Å². The molecule has 4 rings (SSSR count). The molecule has 3 heterocycles. The van der Waals surface area contributed by atoms with Gasteiger partial charge in [0.25, 0.3) is 11.8 Å². The number of carbonyl (C=O) groups excluding carboxylic acids is 1. The average molecular weight is 570 g/mol. The van der Waals surface area contributed by atoms with Crippen LogP contribution in [0.4, 0.5) is 10.2 Å². The fourth-order valence-corrected chi connectivity index (χ4v) is 6.59. The number of anilines is 1. The van der Waals surface area contributed by atoms with E-state index in [1.54, 1.807) is 4.90 Å². The van der Waals surface area contributed by atoms with Crippen molar-refractivity contribution in [3.63, 3.8) is 0 Å². The van der Waals surface area contributed by atoms with Gasteiger partial charge in [0.05, 0.1) is 5.56 Å². The predicted molar refractivity (Wildman–Crippen MR) is 160 cm³/mol. The first-order valence-electron chi connectivity index (χ1n) is 15.0. The molecule has 2 fully saturated rings. The summed E-state index contributed by atoms with van der Waals surface area (Å²) in [6, 6.07) is 4.49. The highest BCUT2D eigenvalue weighted by molar-refractivity contribution is 5.97. The van der Waals surface area contributed by atoms with E-state index in [4.69, 9.17) is 4.74 Å². The summed E-state index contributed by atoms with van der Waals surface area (Å²) < 4.78 is 20.5. The van der Waals surface area contributed by atoms with E-state index in [0.29, 0.717) is 17.8 Å². The molecule has 2 saturated heterocycles. The van der Waals surface area contributed by atoms with Crippen LogP contribution in [-0.4, -0.2) is 101 Å². The number of ether oxygens (including phenoxy) is 1. The zero-order valence-corrected chi connectivity index (χ0v) is 26.1. The second-order valence-corrected chi connectivity index (χ2v) is 13.1. The minimum atomic E-state index is -0.497. The number of amides is 1. The summed E-state index contributed by atoms with van der Waals surface area (Å²) in [6.07, 6.45) is 4.93. The number of aromatic nitrogens is 3. The number of likely N-dealkylation sites (tertiary alicyclic amines) is 1. The summed E-state index contributed by atoms with van der Waals surface area (Å²) in [5.41, 5.74) is 0.383. The molecule has 1 spiro atoms. The molecule has 1 atom stereocenters. The second kappa shape index (κ2) is 13.0. The standard InChI is InChI=1S/C31H48FN7O2/c1-21(2)26(10-9-14-36(7)8)38-18-31(19-38)13-15-37(17-31)28-29(35-34-20-33-28)41-27-12-11-24(32)16-25(27)30(40)39(22(3)4)23(5)6/h11-12,16,20-23,26H,9-10,13-15,17-19H2,1-8H3/t26-/m1/s1. The van der Waals surface area contributed by atoms with E-state index in [1.807, 2.05) is 27.7 Å². The zero-order chi connectivity index (χ0) is 29.9. The van der Waals surface area contributed by atoms with Crippen molar-refractivity contribution in [2.75, 3.05) is 51.7 Å². The third-order valence-electron chi connectivity index (χ3n) is 8.46. The van der Waals surface area contributed by atoms with E-state index in [0.717, 1.165) is 39.1 Å². The Kier molecular flexibility index (Phi) is 9.85. The molecule has 10 heteroatoms. The molecule has 226 valence electrons. The molecule has 0 N–H and O–H groups in total. The van der Waals surface area contributed by atoms with E-state index in [-0.39, 0.29) is 40.6 Å². The first-order valence-corrected chi connectivity index (χ1v) is 15.0. The Bertz CT molecular complexity index is 1170. The van der Waals surface area contributed by atoms with Gasteiger partial charge in [0.2, 0.25) is 0 Å². The Hall–Kier alpha value is -2.85. The maximum Gasteiger partial charge on any atom is 0.282 e. The van der Waals surface area contributed by atoms with Gasteiger partial charge in [-0.15, -0.1) is 10.2 Å². The molecule has 41 heavy (non-hydrogen) atoms. The maximum atomic E-state index is 14.3. The van der Waals surface area contributed by atoms with Gasteiger partial charge < -0.3 is 19.4 Å². The van der Waals surface area contributed by atoms with Crippen LogP contribution in [0.25, 0.3) is 0 Å². The van der Waals surface area contributed by atoms with Gasteiger partial charge >= 0.3 is 0 Å². The topological polar surface area (TPSA) is 77.9 Å². The highest BCUT2D eigenvalue weighted by Crippen LogP contribution is 2.44. The van der Waals surface area contributed by atoms with Crippen molar-refractivity contribution >= 4 is 11.7 Å². The van der Waals surface area contributed by atoms with Crippen molar-refractivity contribution in [2.24, 2.45) is 11.3 Å². The highest BCUT2D eigenvalue weighted by atomic mass is 19.1. The Labute approximate surface area is 245 Å². The van der Waals surface area contributed by atoms with Crippen LogP contribution in [-0.2, 0) is 0 Å². The molecule has 2 aromatic rings. The zero-order valence-electron chi connectivity index (χ0n) is 26.1. The number of nitrogens with zero attached hydrogens (tertiary/aromatic N) is 7. The Balaban J connectivity index is 1.48. The Morgan fingerprint density at radius 2 is 1.80 bits per heavy atom. The summed E-state index contributed by atoms with van der Waals surface area (Å²) in [5.74, 6) is 0.909. The first kappa shape index (κ1) is 31.1. The van der Waals surface area contributed by atoms with Gasteiger partial charge in [0.1, 0.15) is 17.9 Å². The monoisotopic (exact) mass is 569 g/mol. The third-order valence-corrected chi connectivity index (χ3v) is 8.46. The highest BCUT2D eigenvalue weighted by Gasteiger charge is 2.50. The predicted octanol–water partition coefficient (Wildman–Crippen LogP) is 4.94. The average Bonchev–Trinajstić information content (AvgIpc) is 3.32. The molecule has 9 nitrogen and oxygen atoms in total. The van der Waals surface area contributed by atoms with Gasteiger partial charge in [-0.25, -0.2) is 9.37 Å². The van der Waals surface area contributed by atoms with Crippen LogP contribution in [0.5, 0.6) is 11.6 Å². The Morgan fingerprint density at radius 3 is 2.44 bits per heavy atom. The summed E-state index contributed by atoms with van der Waals surface area (Å²) in [5, 5.41) is 8.22. The molecule has 0 aliphatic carbocycles. The largest absolute Gasteiger partial charge is 0.434 e. The SMILES string of the molecule is CC(C)[C@@H](CCCN(C)C)N1CC2(CCN(c3ncnnc3Oc3ccc(F)cc3C(=O)N(C(C)C)C(C)C)C2)C1. The van der Waals surface area contributed by atoms with Gasteiger partial charge in [-0.3, -0.25) is 9.69 Å². The van der Waals surface area contributed by atoms with Crippen LogP contribution in [0.15, 0.2) is 24.5 Å². The molecule has 1 amide bonds. The normalized spacial score (nSPS) is 17.6. The summed E-state index contributed by atoms with van der Waals surface area (Å²) >= 11 is 0. The van der Waals surface area contributed by atoms with E-state index in [2.05, 4.69) is 57.8 Å². The van der Waals surface area contributed by atoms with Crippen molar-refractivity contribution in [3.8, 4) is 11.6 Å². The van der Waals surface area contributed by atoms with Crippen LogP contribution < -0.4 is 9.64 Å². The fraction of sp³-hybridized carbons (Fsp3) is 0.677. The van der Waals surface area contributed by atoms with Crippen LogP contribution in [0, 0.1) is 17.2 Å². The number of carbonyl (C=O) groups is 1. The van der Waals surface area contributed by atoms with Crippen molar-refractivity contribution < 1.29 is 13.9 Å².